The summed E-state index contributed by atoms with van der Waals surface area (Å²) in [4.78, 5) is 10.6. The van der Waals surface area contributed by atoms with Crippen LogP contribution in [0.2, 0.25) is 0 Å². The van der Waals surface area contributed by atoms with Crippen LogP contribution in [0.5, 0.6) is 0 Å². The molecule has 0 saturated heterocycles. The molecule has 0 bridgehead atoms. The van der Waals surface area contributed by atoms with Crippen molar-refractivity contribution in [3.63, 3.8) is 0 Å². The van der Waals surface area contributed by atoms with E-state index in [2.05, 4.69) is 9.82 Å². The van der Waals surface area contributed by atoms with Crippen LogP contribution in [0.4, 0.5) is 8.78 Å². The minimum atomic E-state index is -3.96. The number of amides is 1. The Labute approximate surface area is 115 Å². The predicted molar refractivity (Wildman–Crippen MR) is 66.4 cm³/mol. The molecule has 0 unspecified atom stereocenters. The first kappa shape index (κ1) is 16.5. The molecule has 0 aliphatic rings. The molecule has 114 valence electrons. The summed E-state index contributed by atoms with van der Waals surface area (Å²) in [6.45, 7) is 2.28. The average Bonchev–Trinajstić information content (AvgIpc) is 2.61. The summed E-state index contributed by atoms with van der Waals surface area (Å²) in [5.41, 5.74) is 3.93. The molecule has 0 aromatic carbocycles. The lowest BCUT2D eigenvalue weighted by Crippen LogP contribution is -2.45. The van der Waals surface area contributed by atoms with Gasteiger partial charge >= 0.3 is 0 Å². The second-order valence-electron chi connectivity index (χ2n) is 4.92. The van der Waals surface area contributed by atoms with Gasteiger partial charge in [0.15, 0.2) is 0 Å². The van der Waals surface area contributed by atoms with Crippen molar-refractivity contribution in [1.82, 2.24) is 14.5 Å². The Bertz CT molecular complexity index is 583. The normalized spacial score (nSPS) is 12.8. The quantitative estimate of drug-likeness (QED) is 0.743. The topological polar surface area (TPSA) is 107 Å². The monoisotopic (exact) mass is 310 g/mol. The number of aromatic nitrogens is 2. The van der Waals surface area contributed by atoms with Crippen molar-refractivity contribution in [3.8, 4) is 0 Å². The number of sulfonamides is 1. The van der Waals surface area contributed by atoms with Gasteiger partial charge in [0.05, 0.1) is 6.20 Å². The number of hydrogen-bond donors (Lipinski definition) is 2. The van der Waals surface area contributed by atoms with Crippen molar-refractivity contribution in [1.29, 1.82) is 0 Å². The van der Waals surface area contributed by atoms with Crippen molar-refractivity contribution in [3.05, 3.63) is 12.4 Å². The fourth-order valence-electron chi connectivity index (χ4n) is 1.62. The molecule has 0 spiro atoms. The maximum absolute atomic E-state index is 12.2. The van der Waals surface area contributed by atoms with Gasteiger partial charge in [0.2, 0.25) is 15.9 Å². The number of nitrogens with zero attached hydrogens (tertiary/aromatic N) is 2. The van der Waals surface area contributed by atoms with Gasteiger partial charge in [-0.05, 0) is 13.8 Å². The smallest absolute Gasteiger partial charge is 0.257 e. The lowest BCUT2D eigenvalue weighted by atomic mass is 10.0. The van der Waals surface area contributed by atoms with Crippen LogP contribution in [0.1, 0.15) is 20.3 Å². The Morgan fingerprint density at radius 1 is 1.55 bits per heavy atom. The van der Waals surface area contributed by atoms with Crippen LogP contribution in [-0.2, 0) is 21.4 Å². The summed E-state index contributed by atoms with van der Waals surface area (Å²) in [6.07, 6.45) is -0.873. The molecule has 0 saturated carbocycles. The van der Waals surface area contributed by atoms with E-state index in [0.29, 0.717) is 0 Å². The van der Waals surface area contributed by atoms with Gasteiger partial charge < -0.3 is 5.73 Å². The van der Waals surface area contributed by atoms with E-state index < -0.39 is 34.4 Å². The van der Waals surface area contributed by atoms with Gasteiger partial charge in [0, 0.05) is 18.2 Å². The van der Waals surface area contributed by atoms with E-state index in [-0.39, 0.29) is 11.3 Å². The van der Waals surface area contributed by atoms with Gasteiger partial charge in [-0.25, -0.2) is 21.9 Å². The largest absolute Gasteiger partial charge is 0.370 e. The fourth-order valence-corrected chi connectivity index (χ4v) is 2.98. The Morgan fingerprint density at radius 3 is 2.65 bits per heavy atom. The number of carbonyl (C=O) groups excluding carboxylic acids is 1. The van der Waals surface area contributed by atoms with Crippen LogP contribution in [0, 0.1) is 0 Å². The van der Waals surface area contributed by atoms with E-state index in [9.17, 15) is 22.0 Å². The minimum absolute atomic E-state index is 0.197. The molecular formula is C10H16F2N4O3S. The minimum Gasteiger partial charge on any atom is -0.370 e. The van der Waals surface area contributed by atoms with Crippen LogP contribution >= 0.6 is 0 Å². The number of hydrogen-bond acceptors (Lipinski definition) is 4. The molecule has 20 heavy (non-hydrogen) atoms. The van der Waals surface area contributed by atoms with Crippen molar-refractivity contribution < 1.29 is 22.0 Å². The van der Waals surface area contributed by atoms with Crippen molar-refractivity contribution >= 4 is 15.9 Å². The first-order chi connectivity index (χ1) is 9.02. The third kappa shape index (κ3) is 4.85. The second-order valence-corrected chi connectivity index (χ2v) is 6.60. The molecule has 0 aliphatic carbocycles. The number of nitrogens with two attached hydrogens (primary N) is 1. The van der Waals surface area contributed by atoms with E-state index in [0.717, 1.165) is 17.1 Å². The third-order valence-electron chi connectivity index (χ3n) is 2.27. The Balaban J connectivity index is 2.88. The number of alkyl halides is 2. The van der Waals surface area contributed by atoms with Crippen molar-refractivity contribution in [2.45, 2.75) is 43.7 Å². The molecule has 3 N–H and O–H groups in total. The Kier molecular flexibility index (Phi) is 4.81. The van der Waals surface area contributed by atoms with Gasteiger partial charge in [0.25, 0.3) is 6.43 Å². The van der Waals surface area contributed by atoms with E-state index in [4.69, 9.17) is 5.73 Å². The van der Waals surface area contributed by atoms with E-state index >= 15 is 0 Å². The zero-order valence-electron chi connectivity index (χ0n) is 11.0. The van der Waals surface area contributed by atoms with Crippen LogP contribution in [0.3, 0.4) is 0 Å². The zero-order valence-corrected chi connectivity index (χ0v) is 11.8. The molecule has 0 atom stereocenters. The van der Waals surface area contributed by atoms with E-state index in [1.54, 1.807) is 0 Å². The van der Waals surface area contributed by atoms with Gasteiger partial charge in [-0.15, -0.1) is 0 Å². The highest BCUT2D eigenvalue weighted by molar-refractivity contribution is 7.89. The molecule has 1 heterocycles. The molecular weight excluding hydrogens is 294 g/mol. The number of primary amides is 1. The number of halogens is 2. The maximum Gasteiger partial charge on any atom is 0.257 e. The molecule has 1 aromatic rings. The third-order valence-corrected chi connectivity index (χ3v) is 3.92. The first-order valence-electron chi connectivity index (χ1n) is 5.65. The van der Waals surface area contributed by atoms with Gasteiger partial charge in [-0.3, -0.25) is 9.48 Å². The molecule has 0 aliphatic heterocycles. The lowest BCUT2D eigenvalue weighted by Gasteiger charge is -2.23. The Hall–Kier alpha value is -1.55. The summed E-state index contributed by atoms with van der Waals surface area (Å²) < 4.78 is 51.5. The van der Waals surface area contributed by atoms with Crippen LogP contribution in [0.25, 0.3) is 0 Å². The number of carbonyl (C=O) groups is 1. The molecule has 0 radical (unpaired) electrons. The van der Waals surface area contributed by atoms with E-state index in [1.807, 2.05) is 0 Å². The predicted octanol–water partition coefficient (Wildman–Crippen LogP) is 0.0805. The van der Waals surface area contributed by atoms with Crippen LogP contribution in [0.15, 0.2) is 17.3 Å². The zero-order chi connectivity index (χ0) is 15.6. The highest BCUT2D eigenvalue weighted by Gasteiger charge is 2.28. The first-order valence-corrected chi connectivity index (χ1v) is 7.13. The molecule has 1 amide bonds. The number of rotatable bonds is 7. The van der Waals surface area contributed by atoms with Crippen LogP contribution in [-0.4, -0.2) is 36.1 Å². The van der Waals surface area contributed by atoms with Gasteiger partial charge in [-0.1, -0.05) is 0 Å². The van der Waals surface area contributed by atoms with Gasteiger partial charge in [0.1, 0.15) is 11.4 Å². The highest BCUT2D eigenvalue weighted by atomic mass is 32.2. The van der Waals surface area contributed by atoms with Gasteiger partial charge in [-0.2, -0.15) is 5.10 Å². The SMILES string of the molecule is CC(C)(CC(N)=O)NS(=O)(=O)c1cnn(CC(F)F)c1. The second kappa shape index (κ2) is 5.83. The lowest BCUT2D eigenvalue weighted by molar-refractivity contribution is -0.119. The fraction of sp³-hybridized carbons (Fsp3) is 0.600. The summed E-state index contributed by atoms with van der Waals surface area (Å²) in [5, 5.41) is 3.54. The number of nitrogens with one attached hydrogen (secondary N) is 1. The molecule has 7 nitrogen and oxygen atoms in total. The summed E-state index contributed by atoms with van der Waals surface area (Å²) in [5.74, 6) is -0.661. The van der Waals surface area contributed by atoms with Crippen LogP contribution < -0.4 is 10.5 Å². The average molecular weight is 310 g/mol. The summed E-state index contributed by atoms with van der Waals surface area (Å²) in [7, 11) is -3.96. The molecule has 10 heteroatoms. The summed E-state index contributed by atoms with van der Waals surface area (Å²) in [6, 6.07) is 0. The highest BCUT2D eigenvalue weighted by Crippen LogP contribution is 2.15. The van der Waals surface area contributed by atoms with E-state index in [1.165, 1.54) is 13.8 Å². The molecule has 0 fully saturated rings. The Morgan fingerprint density at radius 2 is 2.15 bits per heavy atom. The standard InChI is InChI=1S/C10H16F2N4O3S/c1-10(2,3-9(13)17)15-20(18,19)7-4-14-16(5-7)6-8(11)12/h4-5,8,15H,3,6H2,1-2H3,(H2,13,17). The molecule has 1 aromatic heterocycles. The maximum atomic E-state index is 12.2. The van der Waals surface area contributed by atoms with Crippen molar-refractivity contribution in [2.24, 2.45) is 5.73 Å². The van der Waals surface area contributed by atoms with Crippen molar-refractivity contribution in [2.75, 3.05) is 0 Å². The summed E-state index contributed by atoms with van der Waals surface area (Å²) >= 11 is 0. The molecule has 1 rings (SSSR count).